The van der Waals surface area contributed by atoms with Gasteiger partial charge in [-0.3, -0.25) is 0 Å². The number of hydrogen-bond acceptors (Lipinski definition) is 1. The highest BCUT2D eigenvalue weighted by molar-refractivity contribution is 14.1. The second-order valence-corrected chi connectivity index (χ2v) is 7.81. The van der Waals surface area contributed by atoms with E-state index in [4.69, 9.17) is 0 Å². The van der Waals surface area contributed by atoms with Crippen molar-refractivity contribution in [2.45, 2.75) is 32.2 Å². The number of anilines is 1. The van der Waals surface area contributed by atoms with E-state index in [-0.39, 0.29) is 0 Å². The summed E-state index contributed by atoms with van der Waals surface area (Å²) in [5.41, 5.74) is 6.97. The Balaban J connectivity index is 1.83. The van der Waals surface area contributed by atoms with E-state index in [0.29, 0.717) is 17.9 Å². The lowest BCUT2D eigenvalue weighted by atomic mass is 9.76. The van der Waals surface area contributed by atoms with Crippen molar-refractivity contribution >= 4 is 28.3 Å². The fourth-order valence-corrected chi connectivity index (χ4v) is 4.48. The first-order chi connectivity index (χ1) is 10.6. The molecular weight excluding hydrogens is 381 g/mol. The molecule has 1 N–H and O–H groups in total. The van der Waals surface area contributed by atoms with E-state index < -0.39 is 0 Å². The standard InChI is InChI=1S/C20H20IN/c1-12-6-7-13(2)17(10-12)20-16-5-3-4-15(16)18-11-14(21)8-9-19(18)22-20/h3-4,6-11,15-16,20,22H,5H2,1-2H3/t15-,16+,20-/m0/s1. The molecule has 1 nitrogen and oxygen atoms in total. The van der Waals surface area contributed by atoms with Gasteiger partial charge in [-0.1, -0.05) is 35.9 Å². The quantitative estimate of drug-likeness (QED) is 0.475. The van der Waals surface area contributed by atoms with Crippen molar-refractivity contribution in [3.05, 3.63) is 74.4 Å². The third-order valence-electron chi connectivity index (χ3n) is 5.09. The summed E-state index contributed by atoms with van der Waals surface area (Å²) in [5, 5.41) is 3.84. The number of hydrogen-bond donors (Lipinski definition) is 1. The molecule has 0 saturated heterocycles. The van der Waals surface area contributed by atoms with E-state index in [9.17, 15) is 0 Å². The number of aryl methyl sites for hydroxylation is 2. The number of halogens is 1. The average molecular weight is 401 g/mol. The summed E-state index contributed by atoms with van der Waals surface area (Å²) in [6, 6.07) is 14.0. The second kappa shape index (κ2) is 5.41. The number of fused-ring (bicyclic) bond motifs is 3. The normalized spacial score (nSPS) is 25.5. The molecule has 4 rings (SSSR count). The van der Waals surface area contributed by atoms with E-state index in [1.807, 2.05) is 0 Å². The van der Waals surface area contributed by atoms with Crippen LogP contribution in [0.5, 0.6) is 0 Å². The maximum atomic E-state index is 3.84. The molecule has 1 aliphatic heterocycles. The van der Waals surface area contributed by atoms with Gasteiger partial charge in [-0.05, 0) is 83.7 Å². The predicted molar refractivity (Wildman–Crippen MR) is 101 cm³/mol. The minimum absolute atomic E-state index is 0.410. The first-order valence-electron chi connectivity index (χ1n) is 7.93. The van der Waals surface area contributed by atoms with Crippen LogP contribution in [0.1, 0.15) is 40.6 Å². The van der Waals surface area contributed by atoms with Crippen LogP contribution in [0.15, 0.2) is 48.6 Å². The molecule has 2 aromatic rings. The molecule has 0 fully saturated rings. The van der Waals surface area contributed by atoms with E-state index in [0.717, 1.165) is 0 Å². The summed E-state index contributed by atoms with van der Waals surface area (Å²) in [7, 11) is 0. The molecule has 2 aliphatic rings. The molecule has 0 bridgehead atoms. The third-order valence-corrected chi connectivity index (χ3v) is 5.77. The average Bonchev–Trinajstić information content (AvgIpc) is 2.99. The molecule has 2 heteroatoms. The van der Waals surface area contributed by atoms with Crippen molar-refractivity contribution in [1.29, 1.82) is 0 Å². The monoisotopic (exact) mass is 401 g/mol. The Morgan fingerprint density at radius 2 is 1.91 bits per heavy atom. The van der Waals surface area contributed by atoms with Crippen molar-refractivity contribution in [1.82, 2.24) is 0 Å². The topological polar surface area (TPSA) is 12.0 Å². The summed E-state index contributed by atoms with van der Waals surface area (Å²) < 4.78 is 1.32. The molecule has 0 radical (unpaired) electrons. The van der Waals surface area contributed by atoms with Gasteiger partial charge in [0.15, 0.2) is 0 Å². The predicted octanol–water partition coefficient (Wildman–Crippen LogP) is 5.73. The number of rotatable bonds is 1. The van der Waals surface area contributed by atoms with E-state index in [2.05, 4.69) is 90.3 Å². The fraction of sp³-hybridized carbons (Fsp3) is 0.300. The van der Waals surface area contributed by atoms with Gasteiger partial charge in [0.1, 0.15) is 0 Å². The van der Waals surface area contributed by atoms with Gasteiger partial charge in [-0.15, -0.1) is 0 Å². The van der Waals surface area contributed by atoms with E-state index in [1.165, 1.54) is 37.9 Å². The number of allylic oxidation sites excluding steroid dienone is 2. The van der Waals surface area contributed by atoms with Gasteiger partial charge in [-0.25, -0.2) is 0 Å². The summed E-state index contributed by atoms with van der Waals surface area (Å²) in [5.74, 6) is 1.18. The molecule has 0 saturated carbocycles. The van der Waals surface area contributed by atoms with Crippen LogP contribution >= 0.6 is 22.6 Å². The first kappa shape index (κ1) is 14.3. The molecule has 0 amide bonds. The molecule has 1 heterocycles. The van der Waals surface area contributed by atoms with Gasteiger partial charge in [0, 0.05) is 15.2 Å². The van der Waals surface area contributed by atoms with Crippen LogP contribution in [-0.4, -0.2) is 0 Å². The SMILES string of the molecule is Cc1ccc(C)c([C@H]2Nc3ccc(I)cc3[C@H]3C=CC[C@H]32)c1. The summed E-state index contributed by atoms with van der Waals surface area (Å²) in [4.78, 5) is 0. The molecule has 1 aliphatic carbocycles. The van der Waals surface area contributed by atoms with Gasteiger partial charge in [0.2, 0.25) is 0 Å². The van der Waals surface area contributed by atoms with Gasteiger partial charge >= 0.3 is 0 Å². The maximum Gasteiger partial charge on any atom is 0.0556 e. The highest BCUT2D eigenvalue weighted by atomic mass is 127. The Labute approximate surface area is 146 Å². The Morgan fingerprint density at radius 3 is 2.77 bits per heavy atom. The molecule has 0 unspecified atom stereocenters. The zero-order chi connectivity index (χ0) is 15.3. The van der Waals surface area contributed by atoms with Gasteiger partial charge in [0.05, 0.1) is 6.04 Å². The van der Waals surface area contributed by atoms with Gasteiger partial charge < -0.3 is 5.32 Å². The largest absolute Gasteiger partial charge is 0.378 e. The summed E-state index contributed by atoms with van der Waals surface area (Å²) in [6.45, 7) is 4.42. The van der Waals surface area contributed by atoms with Crippen LogP contribution in [0.4, 0.5) is 5.69 Å². The number of nitrogens with one attached hydrogen (secondary N) is 1. The van der Waals surface area contributed by atoms with Crippen molar-refractivity contribution in [2.75, 3.05) is 5.32 Å². The van der Waals surface area contributed by atoms with Crippen molar-refractivity contribution in [3.8, 4) is 0 Å². The fourth-order valence-electron chi connectivity index (χ4n) is 3.97. The van der Waals surface area contributed by atoms with E-state index >= 15 is 0 Å². The third kappa shape index (κ3) is 2.28. The minimum atomic E-state index is 0.410. The minimum Gasteiger partial charge on any atom is -0.378 e. The molecule has 2 aromatic carbocycles. The second-order valence-electron chi connectivity index (χ2n) is 6.57. The first-order valence-corrected chi connectivity index (χ1v) is 9.01. The highest BCUT2D eigenvalue weighted by Crippen LogP contribution is 2.50. The Bertz CT molecular complexity index is 762. The lowest BCUT2D eigenvalue weighted by Crippen LogP contribution is -2.29. The zero-order valence-corrected chi connectivity index (χ0v) is 15.1. The lowest BCUT2D eigenvalue weighted by molar-refractivity contribution is 0.424. The zero-order valence-electron chi connectivity index (χ0n) is 12.9. The van der Waals surface area contributed by atoms with Gasteiger partial charge in [0.25, 0.3) is 0 Å². The molecular formula is C20H20IN. The lowest BCUT2D eigenvalue weighted by Gasteiger charge is -2.38. The Morgan fingerprint density at radius 1 is 1.05 bits per heavy atom. The Hall–Kier alpha value is -1.29. The van der Waals surface area contributed by atoms with E-state index in [1.54, 1.807) is 0 Å². The molecule has 112 valence electrons. The van der Waals surface area contributed by atoms with Crippen LogP contribution < -0.4 is 5.32 Å². The van der Waals surface area contributed by atoms with Crippen LogP contribution in [0, 0.1) is 23.3 Å². The van der Waals surface area contributed by atoms with Crippen molar-refractivity contribution in [2.24, 2.45) is 5.92 Å². The maximum absolute atomic E-state index is 3.84. The van der Waals surface area contributed by atoms with Crippen LogP contribution in [0.3, 0.4) is 0 Å². The Kier molecular flexibility index (Phi) is 3.52. The number of benzene rings is 2. The van der Waals surface area contributed by atoms with Crippen molar-refractivity contribution in [3.63, 3.8) is 0 Å². The molecule has 3 atom stereocenters. The summed E-state index contributed by atoms with van der Waals surface area (Å²) >= 11 is 2.41. The van der Waals surface area contributed by atoms with Crippen LogP contribution in [-0.2, 0) is 0 Å². The van der Waals surface area contributed by atoms with Crippen LogP contribution in [0.25, 0.3) is 0 Å². The molecule has 0 spiro atoms. The van der Waals surface area contributed by atoms with Gasteiger partial charge in [-0.2, -0.15) is 0 Å². The molecule has 22 heavy (non-hydrogen) atoms. The smallest absolute Gasteiger partial charge is 0.0556 e. The van der Waals surface area contributed by atoms with Crippen LogP contribution in [0.2, 0.25) is 0 Å². The summed E-state index contributed by atoms with van der Waals surface area (Å²) in [6.07, 6.45) is 5.95. The molecule has 0 aromatic heterocycles. The van der Waals surface area contributed by atoms with Crippen molar-refractivity contribution < 1.29 is 0 Å². The highest BCUT2D eigenvalue weighted by Gasteiger charge is 2.38.